The summed E-state index contributed by atoms with van der Waals surface area (Å²) in [4.78, 5) is 21.9. The zero-order valence-electron chi connectivity index (χ0n) is 10.3. The van der Waals surface area contributed by atoms with Gasteiger partial charge in [0.15, 0.2) is 0 Å². The fourth-order valence-corrected chi connectivity index (χ4v) is 1.49. The average molecular weight is 251 g/mol. The largest absolute Gasteiger partial charge is 0.494 e. The van der Waals surface area contributed by atoms with Gasteiger partial charge in [0.1, 0.15) is 5.75 Å². The number of para-hydroxylation sites is 1. The second-order valence-electron chi connectivity index (χ2n) is 3.71. The Morgan fingerprint density at radius 3 is 2.72 bits per heavy atom. The van der Waals surface area contributed by atoms with Gasteiger partial charge in [0.2, 0.25) is 5.91 Å². The Bertz CT molecular complexity index is 417. The Kier molecular flexibility index (Phi) is 5.70. The molecular weight excluding hydrogens is 234 g/mol. The van der Waals surface area contributed by atoms with E-state index in [1.54, 1.807) is 0 Å². The lowest BCUT2D eigenvalue weighted by Gasteiger charge is -2.09. The summed E-state index contributed by atoms with van der Waals surface area (Å²) in [5, 5.41) is 11.0. The SMILES string of the molecule is CCOc1ccccc1CC(=O)NCCC(=O)O. The lowest BCUT2D eigenvalue weighted by molar-refractivity contribution is -0.136. The molecule has 1 amide bonds. The number of nitrogens with one attached hydrogen (secondary N) is 1. The molecule has 0 spiro atoms. The van der Waals surface area contributed by atoms with E-state index in [4.69, 9.17) is 9.84 Å². The van der Waals surface area contributed by atoms with E-state index in [0.29, 0.717) is 12.4 Å². The quantitative estimate of drug-likeness (QED) is 0.764. The van der Waals surface area contributed by atoms with Crippen LogP contribution in [0.15, 0.2) is 24.3 Å². The molecule has 0 aliphatic carbocycles. The molecule has 2 N–H and O–H groups in total. The first kappa shape index (κ1) is 14.0. The summed E-state index contributed by atoms with van der Waals surface area (Å²) in [6, 6.07) is 7.31. The lowest BCUT2D eigenvalue weighted by Crippen LogP contribution is -2.27. The van der Waals surface area contributed by atoms with Gasteiger partial charge in [-0.3, -0.25) is 9.59 Å². The molecule has 5 nitrogen and oxygen atoms in total. The molecular formula is C13H17NO4. The molecule has 1 rings (SSSR count). The van der Waals surface area contributed by atoms with Crippen LogP contribution in [0.4, 0.5) is 0 Å². The molecule has 0 unspecified atom stereocenters. The minimum atomic E-state index is -0.926. The summed E-state index contributed by atoms with van der Waals surface area (Å²) in [7, 11) is 0. The van der Waals surface area contributed by atoms with Crippen LogP contribution in [0.5, 0.6) is 5.75 Å². The zero-order valence-corrected chi connectivity index (χ0v) is 10.3. The molecule has 0 atom stereocenters. The smallest absolute Gasteiger partial charge is 0.305 e. The van der Waals surface area contributed by atoms with E-state index >= 15 is 0 Å². The number of carbonyl (C=O) groups is 2. The summed E-state index contributed by atoms with van der Waals surface area (Å²) in [5.74, 6) is -0.443. The molecule has 1 aromatic carbocycles. The van der Waals surface area contributed by atoms with Crippen LogP contribution < -0.4 is 10.1 Å². The Morgan fingerprint density at radius 2 is 2.06 bits per heavy atom. The summed E-state index contributed by atoms with van der Waals surface area (Å²) in [5.41, 5.74) is 0.798. The third-order valence-corrected chi connectivity index (χ3v) is 2.28. The average Bonchev–Trinajstić information content (AvgIpc) is 2.31. The number of ether oxygens (including phenoxy) is 1. The van der Waals surface area contributed by atoms with Gasteiger partial charge in [-0.05, 0) is 13.0 Å². The third kappa shape index (κ3) is 4.86. The summed E-state index contributed by atoms with van der Waals surface area (Å²) in [6.45, 7) is 2.56. The number of carboxylic acid groups (broad SMARTS) is 1. The van der Waals surface area contributed by atoms with Gasteiger partial charge in [-0.15, -0.1) is 0 Å². The Morgan fingerprint density at radius 1 is 1.33 bits per heavy atom. The Balaban J connectivity index is 2.50. The summed E-state index contributed by atoms with van der Waals surface area (Å²) in [6.07, 6.45) is 0.120. The van der Waals surface area contributed by atoms with E-state index in [9.17, 15) is 9.59 Å². The molecule has 98 valence electrons. The van der Waals surface area contributed by atoms with E-state index in [1.165, 1.54) is 0 Å². The monoisotopic (exact) mass is 251 g/mol. The Hall–Kier alpha value is -2.04. The van der Waals surface area contributed by atoms with Crippen LogP contribution in [0.25, 0.3) is 0 Å². The maximum absolute atomic E-state index is 11.6. The number of benzene rings is 1. The van der Waals surface area contributed by atoms with Crippen LogP contribution in [0.1, 0.15) is 18.9 Å². The number of carbonyl (C=O) groups excluding carboxylic acids is 1. The van der Waals surface area contributed by atoms with Gasteiger partial charge < -0.3 is 15.2 Å². The molecule has 18 heavy (non-hydrogen) atoms. The predicted molar refractivity (Wildman–Crippen MR) is 66.6 cm³/mol. The molecule has 5 heteroatoms. The van der Waals surface area contributed by atoms with Gasteiger partial charge in [0, 0.05) is 12.1 Å². The molecule has 0 aromatic heterocycles. The lowest BCUT2D eigenvalue weighted by atomic mass is 10.1. The van der Waals surface area contributed by atoms with Crippen molar-refractivity contribution in [1.29, 1.82) is 0 Å². The van der Waals surface area contributed by atoms with Crippen molar-refractivity contribution in [3.05, 3.63) is 29.8 Å². The summed E-state index contributed by atoms with van der Waals surface area (Å²) < 4.78 is 5.41. The van der Waals surface area contributed by atoms with E-state index in [0.717, 1.165) is 5.56 Å². The molecule has 0 heterocycles. The van der Waals surface area contributed by atoms with Crippen LogP contribution in [0.3, 0.4) is 0 Å². The van der Waals surface area contributed by atoms with E-state index in [2.05, 4.69) is 5.32 Å². The van der Waals surface area contributed by atoms with Crippen LogP contribution in [0, 0.1) is 0 Å². The number of hydrogen-bond donors (Lipinski definition) is 2. The topological polar surface area (TPSA) is 75.6 Å². The Labute approximate surface area is 106 Å². The maximum Gasteiger partial charge on any atom is 0.305 e. The van der Waals surface area contributed by atoms with Crippen molar-refractivity contribution in [2.75, 3.05) is 13.2 Å². The van der Waals surface area contributed by atoms with Gasteiger partial charge in [0.25, 0.3) is 0 Å². The number of hydrogen-bond acceptors (Lipinski definition) is 3. The van der Waals surface area contributed by atoms with Crippen LogP contribution in [-0.2, 0) is 16.0 Å². The third-order valence-electron chi connectivity index (χ3n) is 2.28. The first-order valence-corrected chi connectivity index (χ1v) is 5.82. The zero-order chi connectivity index (χ0) is 13.4. The van der Waals surface area contributed by atoms with E-state index in [1.807, 2.05) is 31.2 Å². The van der Waals surface area contributed by atoms with Crippen LogP contribution in [-0.4, -0.2) is 30.1 Å². The molecule has 0 aliphatic rings. The minimum Gasteiger partial charge on any atom is -0.494 e. The number of amides is 1. The van der Waals surface area contributed by atoms with Crippen molar-refractivity contribution in [3.8, 4) is 5.75 Å². The molecule has 0 saturated heterocycles. The highest BCUT2D eigenvalue weighted by atomic mass is 16.5. The second-order valence-corrected chi connectivity index (χ2v) is 3.71. The highest BCUT2D eigenvalue weighted by molar-refractivity contribution is 5.79. The van der Waals surface area contributed by atoms with Crippen molar-refractivity contribution < 1.29 is 19.4 Å². The van der Waals surface area contributed by atoms with Gasteiger partial charge in [-0.25, -0.2) is 0 Å². The number of rotatable bonds is 7. The minimum absolute atomic E-state index is 0.0706. The van der Waals surface area contributed by atoms with Crippen molar-refractivity contribution in [2.45, 2.75) is 19.8 Å². The molecule has 0 saturated carbocycles. The van der Waals surface area contributed by atoms with Crippen molar-refractivity contribution in [2.24, 2.45) is 0 Å². The van der Waals surface area contributed by atoms with Gasteiger partial charge in [0.05, 0.1) is 19.4 Å². The first-order valence-electron chi connectivity index (χ1n) is 5.82. The van der Waals surface area contributed by atoms with Gasteiger partial charge in [-0.2, -0.15) is 0 Å². The number of aliphatic carboxylic acids is 1. The molecule has 0 aliphatic heterocycles. The predicted octanol–water partition coefficient (Wildman–Crippen LogP) is 1.22. The molecule has 0 radical (unpaired) electrons. The van der Waals surface area contributed by atoms with Crippen molar-refractivity contribution in [3.63, 3.8) is 0 Å². The van der Waals surface area contributed by atoms with E-state index in [-0.39, 0.29) is 25.3 Å². The summed E-state index contributed by atoms with van der Waals surface area (Å²) >= 11 is 0. The fraction of sp³-hybridized carbons (Fsp3) is 0.385. The molecule has 0 bridgehead atoms. The number of carboxylic acids is 1. The van der Waals surface area contributed by atoms with E-state index < -0.39 is 5.97 Å². The van der Waals surface area contributed by atoms with Crippen molar-refractivity contribution >= 4 is 11.9 Å². The highest BCUT2D eigenvalue weighted by Crippen LogP contribution is 2.18. The maximum atomic E-state index is 11.6. The molecule has 1 aromatic rings. The second kappa shape index (κ2) is 7.32. The first-order chi connectivity index (χ1) is 8.63. The highest BCUT2D eigenvalue weighted by Gasteiger charge is 2.08. The normalized spacial score (nSPS) is 9.83. The van der Waals surface area contributed by atoms with Gasteiger partial charge in [-0.1, -0.05) is 18.2 Å². The molecule has 0 fully saturated rings. The fourth-order valence-electron chi connectivity index (χ4n) is 1.49. The van der Waals surface area contributed by atoms with Gasteiger partial charge >= 0.3 is 5.97 Å². The van der Waals surface area contributed by atoms with Crippen LogP contribution in [0.2, 0.25) is 0 Å². The van der Waals surface area contributed by atoms with Crippen molar-refractivity contribution in [1.82, 2.24) is 5.32 Å². The standard InChI is InChI=1S/C13H17NO4/c1-2-18-11-6-4-3-5-10(11)9-12(15)14-8-7-13(16)17/h3-6H,2,7-9H2,1H3,(H,14,15)(H,16,17). The van der Waals surface area contributed by atoms with Crippen LogP contribution >= 0.6 is 0 Å².